The molecule has 1 aliphatic heterocycles. The first-order valence-electron chi connectivity index (χ1n) is 9.96. The molecule has 14 heteroatoms. The summed E-state index contributed by atoms with van der Waals surface area (Å²) in [5, 5.41) is 0.124. The fourth-order valence-electron chi connectivity index (χ4n) is 3.68. The molecular weight excluding hydrogens is 570 g/mol. The van der Waals surface area contributed by atoms with Gasteiger partial charge < -0.3 is 4.74 Å². The van der Waals surface area contributed by atoms with Gasteiger partial charge in [0.05, 0.1) is 11.1 Å². The lowest BCUT2D eigenvalue weighted by atomic mass is 10.1. The monoisotopic (exact) mass is 584 g/mol. The Kier molecular flexibility index (Phi) is 6.43. The molecule has 0 spiro atoms. The van der Waals surface area contributed by atoms with Crippen molar-refractivity contribution < 1.29 is 44.3 Å². The average molecular weight is 585 g/mol. The van der Waals surface area contributed by atoms with E-state index in [-0.39, 0.29) is 19.3 Å². The number of rotatable bonds is 5. The van der Waals surface area contributed by atoms with Crippen LogP contribution in [0.25, 0.3) is 10.9 Å². The molecule has 1 saturated heterocycles. The van der Waals surface area contributed by atoms with E-state index in [1.165, 1.54) is 12.1 Å². The molecule has 0 saturated carbocycles. The summed E-state index contributed by atoms with van der Waals surface area (Å²) in [5.74, 6) is -3.79. The van der Waals surface area contributed by atoms with Crippen molar-refractivity contribution in [2.24, 2.45) is 0 Å². The van der Waals surface area contributed by atoms with E-state index in [1.54, 1.807) is 6.07 Å². The van der Waals surface area contributed by atoms with E-state index in [0.29, 0.717) is 24.2 Å². The zero-order valence-electron chi connectivity index (χ0n) is 17.5. The lowest BCUT2D eigenvalue weighted by Gasteiger charge is -2.30. The summed E-state index contributed by atoms with van der Waals surface area (Å²) in [5.41, 5.74) is -1.27. The van der Waals surface area contributed by atoms with Crippen LogP contribution in [0.5, 0.6) is 5.88 Å². The summed E-state index contributed by atoms with van der Waals surface area (Å²) in [6.45, 7) is 1.82. The number of hydrogen-bond acceptors (Lipinski definition) is 5. The van der Waals surface area contributed by atoms with Crippen molar-refractivity contribution in [1.82, 2.24) is 8.87 Å². The summed E-state index contributed by atoms with van der Waals surface area (Å²) in [4.78, 5) is 12.3. The van der Waals surface area contributed by atoms with Gasteiger partial charge in [0.2, 0.25) is 5.88 Å². The van der Waals surface area contributed by atoms with Crippen molar-refractivity contribution in [3.8, 4) is 5.88 Å². The van der Waals surface area contributed by atoms with E-state index < -0.39 is 44.7 Å². The molecule has 35 heavy (non-hydrogen) atoms. The fraction of sp³-hybridized carbons (Fsp3) is 0.286. The fourth-order valence-corrected chi connectivity index (χ4v) is 5.68. The van der Waals surface area contributed by atoms with Gasteiger partial charge in [-0.3, -0.25) is 4.90 Å². The van der Waals surface area contributed by atoms with Crippen LogP contribution in [0.2, 0.25) is 0 Å². The molecule has 0 unspecified atom stereocenters. The number of carbonyl (C=O) groups excluding carboxylic acids is 1. The lowest BCUT2D eigenvalue weighted by Crippen LogP contribution is -2.36. The summed E-state index contributed by atoms with van der Waals surface area (Å²) in [6.07, 6.45) is -9.65. The number of fused-ring (bicyclic) bond motifs is 1. The molecule has 1 fully saturated rings. The summed E-state index contributed by atoms with van der Waals surface area (Å²) in [7, 11) is -5.19. The number of carbonyl (C=O) groups is 1. The first-order chi connectivity index (χ1) is 16.2. The minimum atomic E-state index is -5.47. The Morgan fingerprint density at radius 1 is 1.03 bits per heavy atom. The van der Waals surface area contributed by atoms with Crippen LogP contribution < -0.4 is 4.74 Å². The maximum atomic E-state index is 13.7. The lowest BCUT2D eigenvalue weighted by molar-refractivity contribution is -0.190. The van der Waals surface area contributed by atoms with Crippen LogP contribution in [0.15, 0.2) is 51.8 Å². The van der Waals surface area contributed by atoms with Crippen LogP contribution in [0.4, 0.5) is 26.3 Å². The molecule has 3 aromatic rings. The van der Waals surface area contributed by atoms with Crippen LogP contribution in [-0.2, 0) is 27.5 Å². The molecule has 1 aromatic heterocycles. The van der Waals surface area contributed by atoms with E-state index in [4.69, 9.17) is 0 Å². The summed E-state index contributed by atoms with van der Waals surface area (Å²) < 4.78 is 111. The van der Waals surface area contributed by atoms with Crippen molar-refractivity contribution >= 4 is 42.8 Å². The minimum Gasteiger partial charge on any atom is -0.402 e. The number of benzene rings is 2. The molecule has 0 aliphatic carbocycles. The van der Waals surface area contributed by atoms with E-state index in [9.17, 15) is 39.6 Å². The van der Waals surface area contributed by atoms with Gasteiger partial charge >= 0.3 is 18.3 Å². The van der Waals surface area contributed by atoms with Crippen molar-refractivity contribution in [3.63, 3.8) is 0 Å². The normalized spacial score (nSPS) is 15.3. The van der Waals surface area contributed by atoms with Gasteiger partial charge in [-0.1, -0.05) is 28.1 Å². The molecule has 0 bridgehead atoms. The number of hydrogen-bond donors (Lipinski definition) is 0. The number of aromatic nitrogens is 1. The molecule has 0 amide bonds. The Hall–Kier alpha value is -2.58. The van der Waals surface area contributed by atoms with Gasteiger partial charge in [-0.2, -0.15) is 26.3 Å². The number of nitrogens with zero attached hydrogens (tertiary/aromatic N) is 2. The molecule has 1 aliphatic rings. The Morgan fingerprint density at radius 3 is 2.29 bits per heavy atom. The third-order valence-corrected chi connectivity index (χ3v) is 7.66. The van der Waals surface area contributed by atoms with Gasteiger partial charge in [-0.05, 0) is 49.3 Å². The highest BCUT2D eigenvalue weighted by molar-refractivity contribution is 9.10. The first kappa shape index (κ1) is 25.5. The van der Waals surface area contributed by atoms with Gasteiger partial charge in [-0.15, -0.1) is 0 Å². The summed E-state index contributed by atoms with van der Waals surface area (Å²) in [6, 6.07) is 7.41. The van der Waals surface area contributed by atoms with E-state index in [2.05, 4.69) is 20.7 Å². The van der Waals surface area contributed by atoms with Crippen molar-refractivity contribution in [3.05, 3.63) is 58.1 Å². The second-order valence-corrected chi connectivity index (χ2v) is 10.4. The van der Waals surface area contributed by atoms with Crippen molar-refractivity contribution in [2.75, 3.05) is 13.1 Å². The first-order valence-corrected chi connectivity index (χ1v) is 12.2. The van der Waals surface area contributed by atoms with Crippen molar-refractivity contribution in [1.29, 1.82) is 0 Å². The van der Waals surface area contributed by atoms with Gasteiger partial charge in [0.1, 0.15) is 4.90 Å². The van der Waals surface area contributed by atoms with Crippen LogP contribution in [0.1, 0.15) is 17.5 Å². The molecular formula is C21H15BrF6N2O4S. The largest absolute Gasteiger partial charge is 0.491 e. The standard InChI is InChI=1S/C21H15BrF6N2O4S/c22-13-5-6-17(15(9-13)20(23,24)25)35(32,33)30-16-4-1-3-12(11-29-7-2-8-29)14(16)10-18(30)34-19(31)21(26,27)28/h1,3-6,9-10H,2,7-8,11H2. The Labute approximate surface area is 203 Å². The highest BCUT2D eigenvalue weighted by Gasteiger charge is 2.43. The molecule has 2 heterocycles. The second kappa shape index (κ2) is 8.82. The topological polar surface area (TPSA) is 68.6 Å². The van der Waals surface area contributed by atoms with Gasteiger partial charge in [0.25, 0.3) is 10.0 Å². The highest BCUT2D eigenvalue weighted by Crippen LogP contribution is 2.40. The molecule has 2 aromatic carbocycles. The maximum Gasteiger partial charge on any atom is 0.491 e. The highest BCUT2D eigenvalue weighted by atomic mass is 79.9. The van der Waals surface area contributed by atoms with Crippen LogP contribution in [0.3, 0.4) is 0 Å². The molecule has 4 rings (SSSR count). The third kappa shape index (κ3) is 4.91. The number of likely N-dealkylation sites (tertiary alicyclic amines) is 1. The molecule has 0 N–H and O–H groups in total. The minimum absolute atomic E-state index is 0.0679. The molecule has 0 radical (unpaired) electrons. The third-order valence-electron chi connectivity index (χ3n) is 5.40. The maximum absolute atomic E-state index is 13.7. The number of alkyl halides is 6. The zero-order chi connectivity index (χ0) is 25.8. The Morgan fingerprint density at radius 2 is 1.71 bits per heavy atom. The van der Waals surface area contributed by atoms with Crippen molar-refractivity contribution in [2.45, 2.75) is 30.2 Å². The van der Waals surface area contributed by atoms with Gasteiger partial charge in [-0.25, -0.2) is 17.2 Å². The Balaban J connectivity index is 1.97. The predicted octanol–water partition coefficient (Wildman–Crippen LogP) is 5.33. The smallest absolute Gasteiger partial charge is 0.402 e. The number of ether oxygens (including phenoxy) is 1. The number of esters is 1. The van der Waals surface area contributed by atoms with Gasteiger partial charge in [0.15, 0.2) is 0 Å². The average Bonchev–Trinajstić information content (AvgIpc) is 3.08. The molecule has 6 nitrogen and oxygen atoms in total. The van der Waals surface area contributed by atoms with Crippen LogP contribution in [0, 0.1) is 0 Å². The van der Waals surface area contributed by atoms with E-state index >= 15 is 0 Å². The number of halogens is 7. The zero-order valence-corrected chi connectivity index (χ0v) is 19.9. The molecule has 0 atom stereocenters. The van der Waals surface area contributed by atoms with Gasteiger partial charge in [0, 0.05) is 22.5 Å². The Bertz CT molecular complexity index is 1410. The SMILES string of the molecule is O=C(Oc1cc2c(CN3CCC3)cccc2n1S(=O)(=O)c1ccc(Br)cc1C(F)(F)F)C(F)(F)F. The summed E-state index contributed by atoms with van der Waals surface area (Å²) >= 11 is 2.86. The quantitative estimate of drug-likeness (QED) is 0.299. The van der Waals surface area contributed by atoms with Crippen LogP contribution >= 0.6 is 15.9 Å². The second-order valence-electron chi connectivity index (χ2n) is 7.76. The van der Waals surface area contributed by atoms with E-state index in [0.717, 1.165) is 31.6 Å². The predicted molar refractivity (Wildman–Crippen MR) is 115 cm³/mol. The van der Waals surface area contributed by atoms with Crippen LogP contribution in [-0.4, -0.2) is 42.5 Å². The molecule has 188 valence electrons. The van der Waals surface area contributed by atoms with E-state index in [1.807, 2.05) is 4.90 Å².